The maximum absolute atomic E-state index is 5.89. The fraction of sp³-hybridized carbons (Fsp3) is 0.571. The Morgan fingerprint density at radius 3 is 2.88 bits per heavy atom. The van der Waals surface area contributed by atoms with Crippen LogP contribution in [0, 0.1) is 5.92 Å². The van der Waals surface area contributed by atoms with Crippen LogP contribution in [-0.2, 0) is 0 Å². The third kappa shape index (κ3) is 3.53. The molecule has 0 aliphatic carbocycles. The van der Waals surface area contributed by atoms with Crippen molar-refractivity contribution in [2.24, 2.45) is 5.92 Å². The highest BCUT2D eigenvalue weighted by Crippen LogP contribution is 2.19. The van der Waals surface area contributed by atoms with E-state index < -0.39 is 0 Å². The lowest BCUT2D eigenvalue weighted by Crippen LogP contribution is -2.32. The van der Waals surface area contributed by atoms with Crippen LogP contribution in [0.15, 0.2) is 30.3 Å². The molecule has 2 atom stereocenters. The SMILES string of the molecule is CC(CC1CCCNC1)Oc1ccccc1. The van der Waals surface area contributed by atoms with Gasteiger partial charge in [-0.2, -0.15) is 0 Å². The lowest BCUT2D eigenvalue weighted by Gasteiger charge is -2.25. The first-order chi connectivity index (χ1) is 7.84. The van der Waals surface area contributed by atoms with Crippen molar-refractivity contribution in [2.75, 3.05) is 13.1 Å². The van der Waals surface area contributed by atoms with Crippen LogP contribution >= 0.6 is 0 Å². The van der Waals surface area contributed by atoms with Gasteiger partial charge in [0.15, 0.2) is 0 Å². The molecule has 0 aromatic heterocycles. The topological polar surface area (TPSA) is 21.3 Å². The largest absolute Gasteiger partial charge is 0.491 e. The average Bonchev–Trinajstić information content (AvgIpc) is 2.31. The van der Waals surface area contributed by atoms with E-state index in [2.05, 4.69) is 12.2 Å². The van der Waals surface area contributed by atoms with E-state index >= 15 is 0 Å². The van der Waals surface area contributed by atoms with Crippen molar-refractivity contribution in [1.29, 1.82) is 0 Å². The van der Waals surface area contributed by atoms with Crippen LogP contribution in [0.2, 0.25) is 0 Å². The molecule has 0 bridgehead atoms. The van der Waals surface area contributed by atoms with E-state index in [1.807, 2.05) is 30.3 Å². The molecule has 2 rings (SSSR count). The van der Waals surface area contributed by atoms with Crippen molar-refractivity contribution < 1.29 is 4.74 Å². The van der Waals surface area contributed by atoms with Crippen molar-refractivity contribution in [3.8, 4) is 5.75 Å². The van der Waals surface area contributed by atoms with E-state index in [0.717, 1.165) is 24.6 Å². The first-order valence-corrected chi connectivity index (χ1v) is 6.27. The summed E-state index contributed by atoms with van der Waals surface area (Å²) in [5.74, 6) is 1.77. The molecule has 2 heteroatoms. The summed E-state index contributed by atoms with van der Waals surface area (Å²) < 4.78 is 5.89. The third-order valence-corrected chi connectivity index (χ3v) is 3.14. The predicted molar refractivity (Wildman–Crippen MR) is 66.7 cm³/mol. The quantitative estimate of drug-likeness (QED) is 0.840. The number of hydrogen-bond donors (Lipinski definition) is 1. The molecule has 1 heterocycles. The highest BCUT2D eigenvalue weighted by molar-refractivity contribution is 5.21. The average molecular weight is 219 g/mol. The Balaban J connectivity index is 1.77. The second kappa shape index (κ2) is 5.90. The second-order valence-corrected chi connectivity index (χ2v) is 4.69. The molecular weight excluding hydrogens is 198 g/mol. The first kappa shape index (κ1) is 11.5. The zero-order valence-corrected chi connectivity index (χ0v) is 9.99. The number of para-hydroxylation sites is 1. The Labute approximate surface area is 98.0 Å². The van der Waals surface area contributed by atoms with Crippen LogP contribution in [0.1, 0.15) is 26.2 Å². The van der Waals surface area contributed by atoms with E-state index in [4.69, 9.17) is 4.74 Å². The van der Waals surface area contributed by atoms with E-state index in [1.54, 1.807) is 0 Å². The highest BCUT2D eigenvalue weighted by Gasteiger charge is 2.16. The van der Waals surface area contributed by atoms with E-state index in [1.165, 1.54) is 19.4 Å². The summed E-state index contributed by atoms with van der Waals surface area (Å²) in [6.07, 6.45) is 4.12. The van der Waals surface area contributed by atoms with Crippen molar-refractivity contribution in [3.05, 3.63) is 30.3 Å². The van der Waals surface area contributed by atoms with Gasteiger partial charge in [0.1, 0.15) is 5.75 Å². The minimum Gasteiger partial charge on any atom is -0.491 e. The van der Waals surface area contributed by atoms with Gasteiger partial charge in [0, 0.05) is 0 Å². The molecular formula is C14H21NO. The zero-order chi connectivity index (χ0) is 11.2. The molecule has 0 saturated carbocycles. The van der Waals surface area contributed by atoms with Crippen LogP contribution in [0.25, 0.3) is 0 Å². The van der Waals surface area contributed by atoms with E-state index in [9.17, 15) is 0 Å². The van der Waals surface area contributed by atoms with Gasteiger partial charge in [-0.1, -0.05) is 18.2 Å². The van der Waals surface area contributed by atoms with Crippen molar-refractivity contribution in [1.82, 2.24) is 5.32 Å². The number of benzene rings is 1. The molecule has 1 saturated heterocycles. The third-order valence-electron chi connectivity index (χ3n) is 3.14. The molecule has 1 aromatic rings. The van der Waals surface area contributed by atoms with Gasteiger partial charge < -0.3 is 10.1 Å². The Bertz CT molecular complexity index is 293. The standard InChI is InChI=1S/C14H21NO/c1-12(10-13-6-5-9-15-11-13)16-14-7-3-2-4-8-14/h2-4,7-8,12-13,15H,5-6,9-11H2,1H3. The van der Waals surface area contributed by atoms with Gasteiger partial charge in [-0.05, 0) is 57.3 Å². The number of hydrogen-bond acceptors (Lipinski definition) is 2. The lowest BCUT2D eigenvalue weighted by atomic mass is 9.94. The first-order valence-electron chi connectivity index (χ1n) is 6.27. The number of ether oxygens (including phenoxy) is 1. The fourth-order valence-electron chi connectivity index (χ4n) is 2.37. The fourth-order valence-corrected chi connectivity index (χ4v) is 2.37. The molecule has 1 N–H and O–H groups in total. The van der Waals surface area contributed by atoms with Gasteiger partial charge in [-0.15, -0.1) is 0 Å². The molecule has 0 amide bonds. The molecule has 88 valence electrons. The monoisotopic (exact) mass is 219 g/mol. The lowest BCUT2D eigenvalue weighted by molar-refractivity contribution is 0.173. The Hall–Kier alpha value is -1.02. The summed E-state index contributed by atoms with van der Waals surface area (Å²) in [6.45, 7) is 4.51. The van der Waals surface area contributed by atoms with Crippen molar-refractivity contribution in [2.45, 2.75) is 32.3 Å². The van der Waals surface area contributed by atoms with Gasteiger partial charge in [0.2, 0.25) is 0 Å². The van der Waals surface area contributed by atoms with Crippen LogP contribution in [-0.4, -0.2) is 19.2 Å². The second-order valence-electron chi connectivity index (χ2n) is 4.69. The summed E-state index contributed by atoms with van der Waals surface area (Å²) in [4.78, 5) is 0. The number of rotatable bonds is 4. The molecule has 0 spiro atoms. The molecule has 16 heavy (non-hydrogen) atoms. The smallest absolute Gasteiger partial charge is 0.119 e. The number of piperidine rings is 1. The Morgan fingerprint density at radius 2 is 2.19 bits per heavy atom. The van der Waals surface area contributed by atoms with Gasteiger partial charge in [0.05, 0.1) is 6.10 Å². The maximum atomic E-state index is 5.89. The maximum Gasteiger partial charge on any atom is 0.119 e. The summed E-state index contributed by atoms with van der Waals surface area (Å²) in [7, 11) is 0. The van der Waals surface area contributed by atoms with Crippen LogP contribution in [0.4, 0.5) is 0 Å². The molecule has 2 nitrogen and oxygen atoms in total. The highest BCUT2D eigenvalue weighted by atomic mass is 16.5. The normalized spacial score (nSPS) is 22.7. The summed E-state index contributed by atoms with van der Waals surface area (Å²) in [5, 5.41) is 3.45. The zero-order valence-electron chi connectivity index (χ0n) is 9.99. The van der Waals surface area contributed by atoms with E-state index in [-0.39, 0.29) is 0 Å². The van der Waals surface area contributed by atoms with Crippen LogP contribution < -0.4 is 10.1 Å². The van der Waals surface area contributed by atoms with Gasteiger partial charge in [-0.3, -0.25) is 0 Å². The van der Waals surface area contributed by atoms with Gasteiger partial charge in [0.25, 0.3) is 0 Å². The van der Waals surface area contributed by atoms with Gasteiger partial charge >= 0.3 is 0 Å². The van der Waals surface area contributed by atoms with Gasteiger partial charge in [-0.25, -0.2) is 0 Å². The molecule has 1 aliphatic heterocycles. The molecule has 1 fully saturated rings. The van der Waals surface area contributed by atoms with Crippen LogP contribution in [0.5, 0.6) is 5.75 Å². The van der Waals surface area contributed by atoms with E-state index in [0.29, 0.717) is 6.10 Å². The summed E-state index contributed by atoms with van der Waals surface area (Å²) in [5.41, 5.74) is 0. The predicted octanol–water partition coefficient (Wildman–Crippen LogP) is 2.84. The Kier molecular flexibility index (Phi) is 4.23. The van der Waals surface area contributed by atoms with Crippen molar-refractivity contribution in [3.63, 3.8) is 0 Å². The molecule has 1 aromatic carbocycles. The molecule has 2 unspecified atom stereocenters. The number of nitrogens with one attached hydrogen (secondary N) is 1. The Morgan fingerprint density at radius 1 is 1.38 bits per heavy atom. The summed E-state index contributed by atoms with van der Waals surface area (Å²) in [6, 6.07) is 10.1. The minimum atomic E-state index is 0.312. The van der Waals surface area contributed by atoms with Crippen LogP contribution in [0.3, 0.4) is 0 Å². The molecule has 1 aliphatic rings. The molecule has 0 radical (unpaired) electrons. The minimum absolute atomic E-state index is 0.312. The summed E-state index contributed by atoms with van der Waals surface area (Å²) >= 11 is 0. The van der Waals surface area contributed by atoms with Crippen molar-refractivity contribution >= 4 is 0 Å².